The highest BCUT2D eigenvalue weighted by Crippen LogP contribution is 2.55. The van der Waals surface area contributed by atoms with Crippen molar-refractivity contribution in [1.29, 1.82) is 0 Å². The maximum absolute atomic E-state index is 12.6. The van der Waals surface area contributed by atoms with E-state index in [4.69, 9.17) is 0 Å². The number of carbonyl (C=O) groups is 2. The number of hydrogen-bond acceptors (Lipinski definition) is 4. The van der Waals surface area contributed by atoms with Crippen LogP contribution >= 0.6 is 0 Å². The predicted octanol–water partition coefficient (Wildman–Crippen LogP) is 2.97. The van der Waals surface area contributed by atoms with Crippen molar-refractivity contribution in [1.82, 2.24) is 10.7 Å². The molecular formula is C21H27N3O3. The minimum absolute atomic E-state index is 0.00305. The zero-order valence-corrected chi connectivity index (χ0v) is 15.7. The van der Waals surface area contributed by atoms with E-state index in [2.05, 4.69) is 15.8 Å². The molecule has 0 aliphatic heterocycles. The second kappa shape index (κ2) is 6.98. The molecule has 6 nitrogen and oxygen atoms in total. The first-order valence-electron chi connectivity index (χ1n) is 9.84. The van der Waals surface area contributed by atoms with Gasteiger partial charge in [0.2, 0.25) is 5.91 Å². The molecule has 0 saturated heterocycles. The molecule has 6 heteroatoms. The fourth-order valence-corrected chi connectivity index (χ4v) is 5.73. The van der Waals surface area contributed by atoms with E-state index in [1.165, 1.54) is 31.4 Å². The highest BCUT2D eigenvalue weighted by Gasteiger charge is 2.51. The van der Waals surface area contributed by atoms with Crippen LogP contribution in [0.3, 0.4) is 0 Å². The number of nitrogens with one attached hydrogen (secondary N) is 2. The van der Waals surface area contributed by atoms with Crippen molar-refractivity contribution in [2.45, 2.75) is 57.4 Å². The number of phenols is 1. The molecule has 0 radical (unpaired) electrons. The van der Waals surface area contributed by atoms with Crippen LogP contribution in [0.1, 0.15) is 62.2 Å². The Bertz CT molecular complexity index is 751. The number of rotatable bonds is 5. The van der Waals surface area contributed by atoms with E-state index in [9.17, 15) is 14.7 Å². The van der Waals surface area contributed by atoms with Crippen LogP contribution in [0.25, 0.3) is 0 Å². The van der Waals surface area contributed by atoms with E-state index < -0.39 is 5.91 Å². The van der Waals surface area contributed by atoms with E-state index in [0.29, 0.717) is 11.3 Å². The van der Waals surface area contributed by atoms with Crippen LogP contribution in [0.4, 0.5) is 0 Å². The van der Waals surface area contributed by atoms with Gasteiger partial charge < -0.3 is 10.4 Å². The monoisotopic (exact) mass is 369 g/mol. The summed E-state index contributed by atoms with van der Waals surface area (Å²) in [5.74, 6) is 1.96. The minimum Gasteiger partial charge on any atom is -0.508 e. The second-order valence-electron chi connectivity index (χ2n) is 8.76. The number of nitrogens with zero attached hydrogens (tertiary/aromatic N) is 1. The lowest BCUT2D eigenvalue weighted by molar-refractivity contribution is -0.125. The van der Waals surface area contributed by atoms with Crippen molar-refractivity contribution in [3.05, 3.63) is 29.8 Å². The molecule has 1 aromatic carbocycles. The maximum Gasteiger partial charge on any atom is 0.271 e. The molecular weight excluding hydrogens is 342 g/mol. The van der Waals surface area contributed by atoms with Gasteiger partial charge in [-0.05, 0) is 81.4 Å². The van der Waals surface area contributed by atoms with Gasteiger partial charge in [0, 0.05) is 16.8 Å². The Morgan fingerprint density at radius 1 is 1.15 bits per heavy atom. The smallest absolute Gasteiger partial charge is 0.271 e. The van der Waals surface area contributed by atoms with Gasteiger partial charge in [-0.15, -0.1) is 0 Å². The van der Waals surface area contributed by atoms with Crippen LogP contribution < -0.4 is 10.7 Å². The molecule has 0 atom stereocenters. The fourth-order valence-electron chi connectivity index (χ4n) is 5.73. The van der Waals surface area contributed by atoms with Gasteiger partial charge in [-0.2, -0.15) is 5.10 Å². The molecule has 27 heavy (non-hydrogen) atoms. The second-order valence-corrected chi connectivity index (χ2v) is 8.76. The van der Waals surface area contributed by atoms with Gasteiger partial charge in [-0.1, -0.05) is 6.07 Å². The van der Waals surface area contributed by atoms with Gasteiger partial charge in [0.05, 0.1) is 6.42 Å². The van der Waals surface area contributed by atoms with Gasteiger partial charge >= 0.3 is 0 Å². The number of benzene rings is 1. The molecule has 0 aromatic heterocycles. The third-order valence-corrected chi connectivity index (χ3v) is 6.32. The third kappa shape index (κ3) is 3.99. The number of carbonyl (C=O) groups excluding carboxylic acids is 2. The lowest BCUT2D eigenvalue weighted by Gasteiger charge is -2.56. The molecule has 1 aromatic rings. The fraction of sp³-hybridized carbons (Fsp3) is 0.571. The molecule has 3 N–H and O–H groups in total. The van der Waals surface area contributed by atoms with Gasteiger partial charge in [0.1, 0.15) is 5.75 Å². The van der Waals surface area contributed by atoms with E-state index in [0.717, 1.165) is 37.0 Å². The number of amides is 2. The summed E-state index contributed by atoms with van der Waals surface area (Å²) in [6, 6.07) is 6.07. The van der Waals surface area contributed by atoms with Crippen molar-refractivity contribution in [3.63, 3.8) is 0 Å². The Kier molecular flexibility index (Phi) is 4.66. The summed E-state index contributed by atoms with van der Waals surface area (Å²) in [6.07, 6.45) is 7.58. The lowest BCUT2D eigenvalue weighted by Crippen LogP contribution is -2.60. The quantitative estimate of drug-likeness (QED) is 0.550. The van der Waals surface area contributed by atoms with Crippen LogP contribution in [-0.4, -0.2) is 28.2 Å². The maximum atomic E-state index is 12.6. The van der Waals surface area contributed by atoms with Gasteiger partial charge in [-0.3, -0.25) is 9.59 Å². The third-order valence-electron chi connectivity index (χ3n) is 6.32. The lowest BCUT2D eigenvalue weighted by atomic mass is 9.53. The molecule has 0 unspecified atom stereocenters. The van der Waals surface area contributed by atoms with Crippen molar-refractivity contribution < 1.29 is 14.7 Å². The zero-order valence-electron chi connectivity index (χ0n) is 15.7. The number of hydrazone groups is 1. The van der Waals surface area contributed by atoms with Crippen molar-refractivity contribution in [2.24, 2.45) is 22.9 Å². The van der Waals surface area contributed by atoms with E-state index >= 15 is 0 Å². The molecule has 144 valence electrons. The van der Waals surface area contributed by atoms with Crippen molar-refractivity contribution >= 4 is 17.5 Å². The van der Waals surface area contributed by atoms with Crippen LogP contribution in [0.15, 0.2) is 29.4 Å². The molecule has 4 saturated carbocycles. The van der Waals surface area contributed by atoms with Crippen molar-refractivity contribution in [2.75, 3.05) is 0 Å². The van der Waals surface area contributed by atoms with E-state index in [-0.39, 0.29) is 23.6 Å². The van der Waals surface area contributed by atoms with Gasteiger partial charge in [0.15, 0.2) is 0 Å². The van der Waals surface area contributed by atoms with Crippen LogP contribution in [0.2, 0.25) is 0 Å². The topological polar surface area (TPSA) is 90.8 Å². The first-order valence-corrected chi connectivity index (χ1v) is 9.84. The van der Waals surface area contributed by atoms with Crippen LogP contribution in [0.5, 0.6) is 5.75 Å². The Morgan fingerprint density at radius 3 is 2.37 bits per heavy atom. The first-order chi connectivity index (χ1) is 12.9. The number of hydrogen-bond donors (Lipinski definition) is 3. The summed E-state index contributed by atoms with van der Waals surface area (Å²) >= 11 is 0. The molecule has 2 amide bonds. The Hall–Kier alpha value is -2.37. The Labute approximate surface area is 159 Å². The molecule has 4 aliphatic rings. The van der Waals surface area contributed by atoms with Crippen molar-refractivity contribution in [3.8, 4) is 5.75 Å². The zero-order chi connectivity index (χ0) is 19.0. The predicted molar refractivity (Wildman–Crippen MR) is 102 cm³/mol. The number of aromatic hydroxyl groups is 1. The van der Waals surface area contributed by atoms with Crippen LogP contribution in [0, 0.1) is 17.8 Å². The largest absolute Gasteiger partial charge is 0.508 e. The molecule has 4 fully saturated rings. The summed E-state index contributed by atoms with van der Waals surface area (Å²) in [5.41, 5.74) is 3.33. The van der Waals surface area contributed by atoms with E-state index in [1.54, 1.807) is 19.1 Å². The summed E-state index contributed by atoms with van der Waals surface area (Å²) in [4.78, 5) is 24.6. The van der Waals surface area contributed by atoms with E-state index in [1.807, 2.05) is 0 Å². The van der Waals surface area contributed by atoms with Gasteiger partial charge in [-0.25, -0.2) is 5.43 Å². The molecule has 0 heterocycles. The normalized spacial score (nSPS) is 31.6. The summed E-state index contributed by atoms with van der Waals surface area (Å²) < 4.78 is 0. The molecule has 0 spiro atoms. The first kappa shape index (κ1) is 18.0. The SMILES string of the molecule is C/C(CC(=O)NC12CC3CC(CC(C3)C1)C2)=N/NC(=O)c1cccc(O)c1. The van der Waals surface area contributed by atoms with Gasteiger partial charge in [0.25, 0.3) is 5.91 Å². The molecule has 4 bridgehead atoms. The van der Waals surface area contributed by atoms with Crippen LogP contribution in [-0.2, 0) is 4.79 Å². The highest BCUT2D eigenvalue weighted by atomic mass is 16.3. The summed E-state index contributed by atoms with van der Waals surface area (Å²) in [5, 5.41) is 16.8. The average Bonchev–Trinajstić information content (AvgIpc) is 2.57. The Morgan fingerprint density at radius 2 is 1.78 bits per heavy atom. The standard InChI is InChI=1S/C21H27N3O3/c1-13(23-24-20(27)17-3-2-4-18(25)9-17)5-19(26)22-21-10-14-6-15(11-21)8-16(7-14)12-21/h2-4,9,14-16,25H,5-8,10-12H2,1H3,(H,22,26)(H,24,27)/b23-13-. The Balaban J connectivity index is 1.31. The number of phenolic OH excluding ortho intramolecular Hbond substituents is 1. The minimum atomic E-state index is -0.410. The molecule has 5 rings (SSSR count). The highest BCUT2D eigenvalue weighted by molar-refractivity contribution is 6.01. The summed E-state index contributed by atoms with van der Waals surface area (Å²) in [7, 11) is 0. The summed E-state index contributed by atoms with van der Waals surface area (Å²) in [6.45, 7) is 1.74. The molecule has 4 aliphatic carbocycles. The average molecular weight is 369 g/mol.